The summed E-state index contributed by atoms with van der Waals surface area (Å²) < 4.78 is 5.23. The van der Waals surface area contributed by atoms with Crippen LogP contribution in [0.15, 0.2) is 36.4 Å². The molecule has 1 aliphatic rings. The fraction of sp³-hybridized carbons (Fsp3) is 0.440. The second-order valence-electron chi connectivity index (χ2n) is 8.92. The van der Waals surface area contributed by atoms with Crippen molar-refractivity contribution in [2.75, 3.05) is 14.2 Å². The number of pyridine rings is 1. The molecule has 1 aliphatic carbocycles. The average molecular weight is 478 g/mol. The number of hydrogen-bond donors (Lipinski definition) is 2. The average Bonchev–Trinajstić information content (AvgIpc) is 3.35. The van der Waals surface area contributed by atoms with E-state index in [-0.39, 0.29) is 17.7 Å². The molecular weight excluding hydrogens is 446 g/mol. The lowest BCUT2D eigenvalue weighted by molar-refractivity contribution is -0.125. The number of ether oxygens (including phenoxy) is 1. The molecule has 0 radical (unpaired) electrons. The minimum Gasteiger partial charge on any atom is -0.497 e. The smallest absolute Gasteiger partial charge is 0.270 e. The third-order valence-electron chi connectivity index (χ3n) is 6.37. The first kappa shape index (κ1) is 24.3. The van der Waals surface area contributed by atoms with Gasteiger partial charge < -0.3 is 15.4 Å². The van der Waals surface area contributed by atoms with Gasteiger partial charge in [-0.05, 0) is 73.6 Å². The van der Waals surface area contributed by atoms with Crippen molar-refractivity contribution in [2.24, 2.45) is 11.8 Å². The van der Waals surface area contributed by atoms with E-state index in [0.29, 0.717) is 41.8 Å². The van der Waals surface area contributed by atoms with Gasteiger partial charge in [-0.15, -0.1) is 10.2 Å². The number of nitrogens with one attached hydrogen (secondary N) is 2. The van der Waals surface area contributed by atoms with Crippen LogP contribution in [-0.4, -0.2) is 51.2 Å². The number of nitrogens with zero attached hydrogens (tertiary/aromatic N) is 5. The van der Waals surface area contributed by atoms with E-state index in [0.717, 1.165) is 37.0 Å². The summed E-state index contributed by atoms with van der Waals surface area (Å²) in [5.74, 6) is 1.55. The van der Waals surface area contributed by atoms with Crippen molar-refractivity contribution >= 4 is 11.8 Å². The molecule has 4 rings (SSSR count). The molecule has 35 heavy (non-hydrogen) atoms. The van der Waals surface area contributed by atoms with E-state index in [4.69, 9.17) is 4.74 Å². The number of amides is 2. The van der Waals surface area contributed by atoms with Crippen molar-refractivity contribution < 1.29 is 14.3 Å². The summed E-state index contributed by atoms with van der Waals surface area (Å²) in [5, 5.41) is 18.6. The molecule has 1 aromatic carbocycles. The Hall–Kier alpha value is -3.82. The number of aromatic nitrogens is 5. The molecule has 3 aromatic rings. The first-order chi connectivity index (χ1) is 16.9. The molecule has 2 amide bonds. The molecule has 0 unspecified atom stereocenters. The van der Waals surface area contributed by atoms with Crippen LogP contribution in [0.2, 0.25) is 0 Å². The zero-order valence-electron chi connectivity index (χ0n) is 20.3. The maximum atomic E-state index is 12.8. The monoisotopic (exact) mass is 477 g/mol. The quantitative estimate of drug-likeness (QED) is 0.511. The molecule has 0 aliphatic heterocycles. The van der Waals surface area contributed by atoms with E-state index in [1.807, 2.05) is 37.3 Å². The van der Waals surface area contributed by atoms with Gasteiger partial charge in [0, 0.05) is 30.8 Å². The van der Waals surface area contributed by atoms with Gasteiger partial charge >= 0.3 is 0 Å². The first-order valence-electron chi connectivity index (χ1n) is 11.8. The Morgan fingerprint density at radius 3 is 2.69 bits per heavy atom. The van der Waals surface area contributed by atoms with Gasteiger partial charge in [0.05, 0.1) is 13.7 Å². The summed E-state index contributed by atoms with van der Waals surface area (Å²) in [7, 11) is 3.30. The fourth-order valence-electron chi connectivity index (χ4n) is 4.45. The van der Waals surface area contributed by atoms with Crippen molar-refractivity contribution in [1.29, 1.82) is 0 Å². The Morgan fingerprint density at radius 1 is 1.14 bits per heavy atom. The van der Waals surface area contributed by atoms with Crippen LogP contribution in [-0.2, 0) is 17.9 Å². The lowest BCUT2D eigenvalue weighted by atomic mass is 9.81. The van der Waals surface area contributed by atoms with E-state index < -0.39 is 0 Å². The molecule has 1 fully saturated rings. The van der Waals surface area contributed by atoms with E-state index in [1.165, 1.54) is 0 Å². The minimum absolute atomic E-state index is 0.101. The number of rotatable bonds is 8. The van der Waals surface area contributed by atoms with Crippen molar-refractivity contribution in [2.45, 2.75) is 45.7 Å². The molecular formula is C25H31N7O3. The number of carbonyl (C=O) groups is 2. The minimum atomic E-state index is -0.280. The molecule has 2 aromatic heterocycles. The maximum absolute atomic E-state index is 12.8. The highest BCUT2D eigenvalue weighted by molar-refractivity contribution is 5.93. The highest BCUT2D eigenvalue weighted by atomic mass is 16.5. The van der Waals surface area contributed by atoms with Crippen LogP contribution in [0, 0.1) is 18.8 Å². The SMILES string of the molecule is CNC(=O)C1CCC(Cn2nnc(-c3cc(C)nc(C(=O)NCc4cccc(OC)c4)c3)n2)CC1. The largest absolute Gasteiger partial charge is 0.497 e. The van der Waals surface area contributed by atoms with E-state index >= 15 is 0 Å². The molecule has 10 heteroatoms. The highest BCUT2D eigenvalue weighted by Crippen LogP contribution is 2.29. The van der Waals surface area contributed by atoms with Crippen LogP contribution in [0.3, 0.4) is 0 Å². The number of hydrogen-bond acceptors (Lipinski definition) is 7. The van der Waals surface area contributed by atoms with Crippen LogP contribution in [0.5, 0.6) is 5.75 Å². The van der Waals surface area contributed by atoms with Crippen molar-refractivity contribution in [1.82, 2.24) is 35.8 Å². The van der Waals surface area contributed by atoms with Crippen LogP contribution in [0.4, 0.5) is 0 Å². The van der Waals surface area contributed by atoms with Crippen molar-refractivity contribution in [3.63, 3.8) is 0 Å². The first-order valence-corrected chi connectivity index (χ1v) is 11.8. The molecule has 0 spiro atoms. The molecule has 2 heterocycles. The van der Waals surface area contributed by atoms with Crippen molar-refractivity contribution in [3.8, 4) is 17.1 Å². The third kappa shape index (κ3) is 6.20. The van der Waals surface area contributed by atoms with Gasteiger partial charge in [-0.1, -0.05) is 12.1 Å². The highest BCUT2D eigenvalue weighted by Gasteiger charge is 2.26. The Balaban J connectivity index is 1.39. The Labute approximate surface area is 204 Å². The second kappa shape index (κ2) is 11.1. The van der Waals surface area contributed by atoms with Gasteiger partial charge in [0.1, 0.15) is 11.4 Å². The van der Waals surface area contributed by atoms with E-state index in [9.17, 15) is 9.59 Å². The summed E-state index contributed by atoms with van der Waals surface area (Å²) in [5.41, 5.74) is 2.61. The van der Waals surface area contributed by atoms with Gasteiger partial charge in [-0.3, -0.25) is 9.59 Å². The molecule has 1 saturated carbocycles. The topological polar surface area (TPSA) is 124 Å². The summed E-state index contributed by atoms with van der Waals surface area (Å²) >= 11 is 0. The van der Waals surface area contributed by atoms with Gasteiger partial charge in [-0.25, -0.2) is 4.98 Å². The Kier molecular flexibility index (Phi) is 7.69. The van der Waals surface area contributed by atoms with Gasteiger partial charge in [0.15, 0.2) is 0 Å². The predicted molar refractivity (Wildman–Crippen MR) is 129 cm³/mol. The zero-order chi connectivity index (χ0) is 24.8. The Bertz CT molecular complexity index is 1190. The van der Waals surface area contributed by atoms with E-state index in [2.05, 4.69) is 31.0 Å². The zero-order valence-corrected chi connectivity index (χ0v) is 20.3. The van der Waals surface area contributed by atoms with Crippen LogP contribution < -0.4 is 15.4 Å². The van der Waals surface area contributed by atoms with Gasteiger partial charge in [0.2, 0.25) is 11.7 Å². The maximum Gasteiger partial charge on any atom is 0.270 e. The normalized spacial score (nSPS) is 17.6. The number of tetrazole rings is 1. The number of aryl methyl sites for hydroxylation is 1. The summed E-state index contributed by atoms with van der Waals surface area (Å²) in [6, 6.07) is 11.1. The number of benzene rings is 1. The molecule has 10 nitrogen and oxygen atoms in total. The summed E-state index contributed by atoms with van der Waals surface area (Å²) in [6.07, 6.45) is 3.68. The second-order valence-corrected chi connectivity index (χ2v) is 8.92. The molecule has 0 saturated heterocycles. The van der Waals surface area contributed by atoms with E-state index in [1.54, 1.807) is 25.0 Å². The molecule has 0 bridgehead atoms. The third-order valence-corrected chi connectivity index (χ3v) is 6.37. The standard InChI is InChI=1S/C25H31N7O3/c1-16-11-20(13-22(28-16)25(34)27-14-18-5-4-6-21(12-18)35-3)23-29-31-32(30-23)15-17-7-9-19(10-8-17)24(33)26-2/h4-6,11-13,17,19H,7-10,14-15H2,1-3H3,(H,26,33)(H,27,34). The van der Waals surface area contributed by atoms with Crippen LogP contribution >= 0.6 is 0 Å². The van der Waals surface area contributed by atoms with Crippen molar-refractivity contribution in [3.05, 3.63) is 53.3 Å². The lowest BCUT2D eigenvalue weighted by Gasteiger charge is -2.26. The molecule has 0 atom stereocenters. The summed E-state index contributed by atoms with van der Waals surface area (Å²) in [4.78, 5) is 30.6. The van der Waals surface area contributed by atoms with Gasteiger partial charge in [0.25, 0.3) is 5.91 Å². The lowest BCUT2D eigenvalue weighted by Crippen LogP contribution is -2.31. The van der Waals surface area contributed by atoms with Crippen LogP contribution in [0.1, 0.15) is 47.4 Å². The molecule has 2 N–H and O–H groups in total. The number of carbonyl (C=O) groups excluding carboxylic acids is 2. The predicted octanol–water partition coefficient (Wildman–Crippen LogP) is 2.53. The number of methoxy groups -OCH3 is 1. The Morgan fingerprint density at radius 2 is 1.94 bits per heavy atom. The summed E-state index contributed by atoms with van der Waals surface area (Å²) in [6.45, 7) is 2.85. The van der Waals surface area contributed by atoms with Crippen LogP contribution in [0.25, 0.3) is 11.4 Å². The molecule has 184 valence electrons. The van der Waals surface area contributed by atoms with Gasteiger partial charge in [-0.2, -0.15) is 4.80 Å². The fourth-order valence-corrected chi connectivity index (χ4v) is 4.45.